The Morgan fingerprint density at radius 2 is 1.77 bits per heavy atom. The molecule has 2 aromatic carbocycles. The molecule has 1 aliphatic carbocycles. The van der Waals surface area contributed by atoms with E-state index in [1.165, 1.54) is 30.4 Å². The molecular formula is C29H38N2O4. The number of piperidine rings is 1. The molecule has 0 radical (unpaired) electrons. The lowest BCUT2D eigenvalue weighted by atomic mass is 9.83. The topological polar surface area (TPSA) is 66.2 Å². The van der Waals surface area contributed by atoms with Crippen LogP contribution in [0.3, 0.4) is 0 Å². The third-order valence-electron chi connectivity index (χ3n) is 8.34. The van der Waals surface area contributed by atoms with Gasteiger partial charge in [0.25, 0.3) is 5.79 Å². The molecule has 1 saturated carbocycles. The van der Waals surface area contributed by atoms with E-state index in [9.17, 15) is 0 Å². The second-order valence-electron chi connectivity index (χ2n) is 10.6. The highest BCUT2D eigenvalue weighted by atomic mass is 16.7. The fourth-order valence-corrected chi connectivity index (χ4v) is 6.38. The molecule has 2 N–H and O–H groups in total. The average Bonchev–Trinajstić information content (AvgIpc) is 3.27. The van der Waals surface area contributed by atoms with Gasteiger partial charge in [0.2, 0.25) is 0 Å². The van der Waals surface area contributed by atoms with Crippen molar-refractivity contribution in [2.75, 3.05) is 32.8 Å². The molecule has 6 nitrogen and oxygen atoms in total. The van der Waals surface area contributed by atoms with E-state index in [1.807, 2.05) is 30.3 Å². The van der Waals surface area contributed by atoms with Crippen LogP contribution in [-0.2, 0) is 11.2 Å². The third kappa shape index (κ3) is 4.76. The van der Waals surface area contributed by atoms with Crippen LogP contribution in [0.2, 0.25) is 0 Å². The number of para-hydroxylation sites is 1. The molecule has 0 aromatic heterocycles. The Labute approximate surface area is 208 Å². The number of rotatable bonds is 6. The van der Waals surface area contributed by atoms with E-state index in [-0.39, 0.29) is 12.2 Å². The summed E-state index contributed by atoms with van der Waals surface area (Å²) in [5, 5.41) is 0. The van der Waals surface area contributed by atoms with Crippen LogP contribution in [-0.4, -0.2) is 49.6 Å². The van der Waals surface area contributed by atoms with Gasteiger partial charge in [0.05, 0.1) is 12.2 Å². The van der Waals surface area contributed by atoms with Crippen molar-refractivity contribution >= 4 is 0 Å². The number of fused-ring (bicyclic) bond motifs is 3. The molecule has 1 spiro atoms. The number of hydrogen-bond donors (Lipinski definition) is 1. The van der Waals surface area contributed by atoms with Crippen LogP contribution in [0.4, 0.5) is 0 Å². The number of benzene rings is 2. The maximum Gasteiger partial charge on any atom is 0.251 e. The summed E-state index contributed by atoms with van der Waals surface area (Å²) in [5.74, 6) is 2.90. The van der Waals surface area contributed by atoms with Crippen molar-refractivity contribution < 1.29 is 18.9 Å². The van der Waals surface area contributed by atoms with Gasteiger partial charge in [0, 0.05) is 37.9 Å². The van der Waals surface area contributed by atoms with E-state index in [4.69, 9.17) is 24.7 Å². The summed E-state index contributed by atoms with van der Waals surface area (Å²) in [5.41, 5.74) is 8.66. The molecule has 1 saturated heterocycles. The van der Waals surface area contributed by atoms with Crippen molar-refractivity contribution in [3.05, 3.63) is 53.6 Å². The molecule has 2 aromatic rings. The van der Waals surface area contributed by atoms with E-state index >= 15 is 0 Å². The summed E-state index contributed by atoms with van der Waals surface area (Å²) in [6.45, 7) is 4.34. The van der Waals surface area contributed by atoms with Crippen molar-refractivity contribution in [2.24, 2.45) is 11.7 Å². The Bertz CT molecular complexity index is 999. The fraction of sp³-hybridized carbons (Fsp3) is 0.586. The van der Waals surface area contributed by atoms with Crippen molar-refractivity contribution in [3.8, 4) is 17.2 Å². The lowest BCUT2D eigenvalue weighted by Crippen LogP contribution is -2.43. The first kappa shape index (κ1) is 23.1. The lowest BCUT2D eigenvalue weighted by molar-refractivity contribution is -0.106. The third-order valence-corrected chi connectivity index (χ3v) is 8.34. The van der Waals surface area contributed by atoms with Gasteiger partial charge in [-0.3, -0.25) is 4.90 Å². The first-order chi connectivity index (χ1) is 17.2. The molecule has 6 rings (SSSR count). The Balaban J connectivity index is 1.09. The molecule has 3 heterocycles. The summed E-state index contributed by atoms with van der Waals surface area (Å²) in [7, 11) is 0. The van der Waals surface area contributed by atoms with Crippen LogP contribution >= 0.6 is 0 Å². The molecule has 0 amide bonds. The van der Waals surface area contributed by atoms with E-state index in [2.05, 4.69) is 17.0 Å². The largest absolute Gasteiger partial charge is 0.492 e. The van der Waals surface area contributed by atoms with Crippen LogP contribution in [0.5, 0.6) is 17.2 Å². The minimum Gasteiger partial charge on any atom is -0.492 e. The molecular weight excluding hydrogens is 440 g/mol. The Morgan fingerprint density at radius 3 is 2.54 bits per heavy atom. The van der Waals surface area contributed by atoms with Gasteiger partial charge in [0.1, 0.15) is 12.4 Å². The monoisotopic (exact) mass is 478 g/mol. The van der Waals surface area contributed by atoms with E-state index < -0.39 is 5.79 Å². The second-order valence-corrected chi connectivity index (χ2v) is 10.6. The van der Waals surface area contributed by atoms with Gasteiger partial charge in [-0.2, -0.15) is 0 Å². The van der Waals surface area contributed by atoms with Crippen LogP contribution < -0.4 is 19.9 Å². The van der Waals surface area contributed by atoms with Crippen molar-refractivity contribution in [1.82, 2.24) is 4.90 Å². The summed E-state index contributed by atoms with van der Waals surface area (Å²) in [6.07, 6.45) is 8.82. The van der Waals surface area contributed by atoms with Crippen molar-refractivity contribution in [2.45, 2.75) is 69.4 Å². The summed E-state index contributed by atoms with van der Waals surface area (Å²) < 4.78 is 25.6. The highest BCUT2D eigenvalue weighted by molar-refractivity contribution is 5.55. The number of nitrogens with zero attached hydrogens (tertiary/aromatic N) is 1. The summed E-state index contributed by atoms with van der Waals surface area (Å²) in [4.78, 5) is 2.51. The Kier molecular flexibility index (Phi) is 6.61. The minimum atomic E-state index is -0.450. The first-order valence-electron chi connectivity index (χ1n) is 13.5. The Morgan fingerprint density at radius 1 is 0.971 bits per heavy atom. The zero-order valence-electron chi connectivity index (χ0n) is 20.6. The lowest BCUT2D eigenvalue weighted by Gasteiger charge is -2.40. The molecule has 188 valence electrons. The van der Waals surface area contributed by atoms with Gasteiger partial charge >= 0.3 is 0 Å². The highest BCUT2D eigenvalue weighted by Gasteiger charge is 2.45. The Hall–Kier alpha value is -2.28. The molecule has 35 heavy (non-hydrogen) atoms. The SMILES string of the molecule is NC[C@H]1O[C@@H](C2CCN(CCOc3ccccc3)CC2)Cc2c1ccc1c2OC2(CCCCC2)O1. The van der Waals surface area contributed by atoms with Crippen molar-refractivity contribution in [1.29, 1.82) is 0 Å². The van der Waals surface area contributed by atoms with Gasteiger partial charge in [-0.25, -0.2) is 0 Å². The zero-order chi connectivity index (χ0) is 23.7. The van der Waals surface area contributed by atoms with Crippen LogP contribution in [0.15, 0.2) is 42.5 Å². The maximum atomic E-state index is 6.62. The standard InChI is InChI=1S/C29H38N2O4/c30-20-27-23-9-10-25-28(35-29(34-25)13-5-2-6-14-29)24(23)19-26(33-27)21-11-15-31(16-12-21)17-18-32-22-7-3-1-4-8-22/h1,3-4,7-10,21,26-27H,2,5-6,11-20,30H2/t26-,27-/m1/s1. The second kappa shape index (κ2) is 10.00. The van der Waals surface area contributed by atoms with Crippen LogP contribution in [0, 0.1) is 5.92 Å². The molecule has 2 atom stereocenters. The fourth-order valence-electron chi connectivity index (χ4n) is 6.38. The zero-order valence-corrected chi connectivity index (χ0v) is 20.6. The van der Waals surface area contributed by atoms with Gasteiger partial charge in [-0.1, -0.05) is 30.7 Å². The maximum absolute atomic E-state index is 6.62. The smallest absolute Gasteiger partial charge is 0.251 e. The predicted molar refractivity (Wildman–Crippen MR) is 135 cm³/mol. The van der Waals surface area contributed by atoms with E-state index in [0.29, 0.717) is 12.5 Å². The van der Waals surface area contributed by atoms with Crippen LogP contribution in [0.25, 0.3) is 0 Å². The number of likely N-dealkylation sites (tertiary alicyclic amines) is 1. The molecule has 3 aliphatic heterocycles. The highest BCUT2D eigenvalue weighted by Crippen LogP contribution is 2.51. The van der Waals surface area contributed by atoms with Gasteiger partial charge in [-0.15, -0.1) is 0 Å². The predicted octanol–water partition coefficient (Wildman–Crippen LogP) is 4.85. The first-order valence-corrected chi connectivity index (χ1v) is 13.5. The summed E-state index contributed by atoms with van der Waals surface area (Å²) >= 11 is 0. The normalized spacial score (nSPS) is 26.0. The van der Waals surface area contributed by atoms with Gasteiger partial charge < -0.3 is 24.7 Å². The van der Waals surface area contributed by atoms with Gasteiger partial charge in [0.15, 0.2) is 11.5 Å². The van der Waals surface area contributed by atoms with Crippen LogP contribution in [0.1, 0.15) is 62.2 Å². The number of hydrogen-bond acceptors (Lipinski definition) is 6. The molecule has 2 fully saturated rings. The molecule has 4 aliphatic rings. The van der Waals surface area contributed by atoms with E-state index in [1.54, 1.807) is 0 Å². The number of ether oxygens (including phenoxy) is 4. The summed E-state index contributed by atoms with van der Waals surface area (Å²) in [6, 6.07) is 14.3. The number of nitrogens with two attached hydrogens (primary N) is 1. The average molecular weight is 479 g/mol. The quantitative estimate of drug-likeness (QED) is 0.640. The van der Waals surface area contributed by atoms with Crippen molar-refractivity contribution in [3.63, 3.8) is 0 Å². The van der Waals surface area contributed by atoms with Gasteiger partial charge in [-0.05, 0) is 68.5 Å². The van der Waals surface area contributed by atoms with E-state index in [0.717, 1.165) is 75.6 Å². The molecule has 0 unspecified atom stereocenters. The molecule has 0 bridgehead atoms. The molecule has 6 heteroatoms. The minimum absolute atomic E-state index is 0.0714.